The average molecular weight is 120 g/mol. The number of hydrogen-bond acceptors (Lipinski definition) is 0. The summed E-state index contributed by atoms with van der Waals surface area (Å²) in [5.74, 6) is 0. The first-order valence-corrected chi connectivity index (χ1v) is 2.13. The lowest BCUT2D eigenvalue weighted by Gasteiger charge is -1.44. The highest BCUT2D eigenvalue weighted by Crippen LogP contribution is 1.73. The van der Waals surface area contributed by atoms with Gasteiger partial charge < -0.3 is 0 Å². The molecule has 0 saturated heterocycles. The third-order valence-corrected chi connectivity index (χ3v) is 0.463. The summed E-state index contributed by atoms with van der Waals surface area (Å²) in [6.45, 7) is 4.86. The molecule has 0 fully saturated rings. The minimum Gasteiger partial charge on any atom is -0.0833 e. The van der Waals surface area contributed by atoms with Gasteiger partial charge in [0.1, 0.15) is 0 Å². The van der Waals surface area contributed by atoms with Crippen molar-refractivity contribution < 1.29 is 0 Å². The maximum absolute atomic E-state index is 4.86. The van der Waals surface area contributed by atoms with E-state index in [9.17, 15) is 0 Å². The maximum atomic E-state index is 4.86. The molecule has 0 rings (SSSR count). The SMILES string of the molecule is [CH+]=CCBr. The van der Waals surface area contributed by atoms with Crippen molar-refractivity contribution in [1.82, 2.24) is 0 Å². The summed E-state index contributed by atoms with van der Waals surface area (Å²) in [7, 11) is 0. The van der Waals surface area contributed by atoms with Gasteiger partial charge in [0.2, 0.25) is 6.58 Å². The Hall–Kier alpha value is 0.130. The Labute approximate surface area is 34.6 Å². The molecule has 0 aromatic rings. The van der Waals surface area contributed by atoms with Crippen molar-refractivity contribution in [3.8, 4) is 0 Å². The quantitative estimate of drug-likeness (QED) is 0.362. The lowest BCUT2D eigenvalue weighted by molar-refractivity contribution is 1.85. The van der Waals surface area contributed by atoms with E-state index in [1.54, 1.807) is 6.08 Å². The van der Waals surface area contributed by atoms with Crippen LogP contribution in [0.2, 0.25) is 0 Å². The molecule has 0 N–H and O–H groups in total. The highest BCUT2D eigenvalue weighted by atomic mass is 79.9. The van der Waals surface area contributed by atoms with Crippen LogP contribution in [0, 0.1) is 6.58 Å². The number of halogens is 1. The molecule has 0 nitrogen and oxygen atoms in total. The number of alkyl halides is 1. The van der Waals surface area contributed by atoms with Crippen molar-refractivity contribution >= 4 is 15.9 Å². The molecule has 0 amide bonds. The van der Waals surface area contributed by atoms with E-state index in [-0.39, 0.29) is 0 Å². The Morgan fingerprint density at radius 1 is 2.00 bits per heavy atom. The molecule has 0 aliphatic rings. The first kappa shape index (κ1) is 4.13. The maximum Gasteiger partial charge on any atom is 0.202 e. The molecular weight excluding hydrogens is 116 g/mol. The van der Waals surface area contributed by atoms with E-state index in [1.165, 1.54) is 0 Å². The van der Waals surface area contributed by atoms with Gasteiger partial charge >= 0.3 is 0 Å². The molecule has 0 bridgehead atoms. The van der Waals surface area contributed by atoms with Gasteiger partial charge in [0.25, 0.3) is 0 Å². The van der Waals surface area contributed by atoms with Crippen molar-refractivity contribution in [3.63, 3.8) is 0 Å². The monoisotopic (exact) mass is 119 g/mol. The van der Waals surface area contributed by atoms with E-state index in [4.69, 9.17) is 6.58 Å². The van der Waals surface area contributed by atoms with Crippen LogP contribution in [0.5, 0.6) is 0 Å². The van der Waals surface area contributed by atoms with Crippen LogP contribution in [-0.4, -0.2) is 5.33 Å². The lowest BCUT2D eigenvalue weighted by atomic mass is 10.8. The average Bonchev–Trinajstić information content (AvgIpc) is 1.37. The molecule has 4 heavy (non-hydrogen) atoms. The third-order valence-electron chi connectivity index (χ3n) is 0.0891. The molecule has 0 aromatic heterocycles. The highest BCUT2D eigenvalue weighted by molar-refractivity contribution is 9.09. The topological polar surface area (TPSA) is 0 Å². The summed E-state index contributed by atoms with van der Waals surface area (Å²) in [6, 6.07) is 0. The Morgan fingerprint density at radius 2 is 2.25 bits per heavy atom. The normalized spacial score (nSPS) is 6.00. The van der Waals surface area contributed by atoms with Gasteiger partial charge in [-0.2, -0.15) is 0 Å². The largest absolute Gasteiger partial charge is 0.202 e. The van der Waals surface area contributed by atoms with Crippen LogP contribution in [0.15, 0.2) is 6.08 Å². The number of allylic oxidation sites excluding steroid dienone is 1. The zero-order valence-electron chi connectivity index (χ0n) is 2.24. The number of hydrogen-bond donors (Lipinski definition) is 0. The molecule has 22 valence electrons. The fourth-order valence-electron chi connectivity index (χ4n) is 0. The zero-order valence-corrected chi connectivity index (χ0v) is 3.83. The molecular formula is C3H4Br+. The first-order valence-electron chi connectivity index (χ1n) is 1.01. The van der Waals surface area contributed by atoms with E-state index in [1.807, 2.05) is 0 Å². The predicted octanol–water partition coefficient (Wildman–Crippen LogP) is 1.37. The first-order chi connectivity index (χ1) is 1.91. The molecule has 0 atom stereocenters. The van der Waals surface area contributed by atoms with Gasteiger partial charge in [-0.25, -0.2) is 0 Å². The molecule has 0 heterocycles. The summed E-state index contributed by atoms with van der Waals surface area (Å²) < 4.78 is 0. The summed E-state index contributed by atoms with van der Waals surface area (Å²) in [5, 5.41) is 0.785. The lowest BCUT2D eigenvalue weighted by Crippen LogP contribution is -1.43. The summed E-state index contributed by atoms with van der Waals surface area (Å²) in [5.41, 5.74) is 0. The standard InChI is InChI=1S/C3H4Br/c1-2-3-4/h1-2H,3H2/q+1. The summed E-state index contributed by atoms with van der Waals surface area (Å²) >= 11 is 3.07. The van der Waals surface area contributed by atoms with Gasteiger partial charge in [-0.15, -0.1) is 0 Å². The van der Waals surface area contributed by atoms with Gasteiger partial charge in [-0.05, 0) is 0 Å². The van der Waals surface area contributed by atoms with Crippen molar-refractivity contribution in [3.05, 3.63) is 12.7 Å². The summed E-state index contributed by atoms with van der Waals surface area (Å²) in [6.07, 6.45) is 1.54. The van der Waals surface area contributed by atoms with Gasteiger partial charge in [-0.1, -0.05) is 15.9 Å². The van der Waals surface area contributed by atoms with Crippen LogP contribution in [0.25, 0.3) is 0 Å². The Kier molecular flexibility index (Phi) is 3.23. The zero-order chi connectivity index (χ0) is 3.41. The van der Waals surface area contributed by atoms with E-state index < -0.39 is 0 Å². The van der Waals surface area contributed by atoms with Crippen LogP contribution >= 0.6 is 15.9 Å². The van der Waals surface area contributed by atoms with Gasteiger partial charge in [-0.3, -0.25) is 0 Å². The van der Waals surface area contributed by atoms with Gasteiger partial charge in [0.15, 0.2) is 6.08 Å². The van der Waals surface area contributed by atoms with E-state index in [2.05, 4.69) is 15.9 Å². The molecule has 0 spiro atoms. The van der Waals surface area contributed by atoms with E-state index in [0.29, 0.717) is 0 Å². The van der Waals surface area contributed by atoms with E-state index in [0.717, 1.165) is 5.33 Å². The fraction of sp³-hybridized carbons (Fsp3) is 0.333. The van der Waals surface area contributed by atoms with Crippen molar-refractivity contribution in [1.29, 1.82) is 0 Å². The highest BCUT2D eigenvalue weighted by Gasteiger charge is 1.60. The van der Waals surface area contributed by atoms with Crippen LogP contribution < -0.4 is 0 Å². The van der Waals surface area contributed by atoms with Crippen LogP contribution in [0.3, 0.4) is 0 Å². The Bertz CT molecular complexity index is 17.2. The van der Waals surface area contributed by atoms with Gasteiger partial charge in [0, 0.05) is 0 Å². The van der Waals surface area contributed by atoms with Crippen molar-refractivity contribution in [2.24, 2.45) is 0 Å². The summed E-state index contributed by atoms with van der Waals surface area (Å²) in [4.78, 5) is 0. The molecule has 0 aromatic carbocycles. The van der Waals surface area contributed by atoms with Crippen molar-refractivity contribution in [2.45, 2.75) is 0 Å². The molecule has 0 aliphatic heterocycles. The number of rotatable bonds is 1. The van der Waals surface area contributed by atoms with Crippen LogP contribution in [-0.2, 0) is 0 Å². The molecule has 0 radical (unpaired) electrons. The predicted molar refractivity (Wildman–Crippen MR) is 22.7 cm³/mol. The minimum absolute atomic E-state index is 0.785. The van der Waals surface area contributed by atoms with Crippen LogP contribution in [0.1, 0.15) is 0 Å². The molecule has 0 unspecified atom stereocenters. The second-order valence-corrected chi connectivity index (χ2v) is 1.04. The molecule has 0 saturated carbocycles. The van der Waals surface area contributed by atoms with E-state index >= 15 is 0 Å². The molecule has 1 heteroatoms. The van der Waals surface area contributed by atoms with Gasteiger partial charge in [0.05, 0.1) is 5.33 Å². The molecule has 0 aliphatic carbocycles. The fourth-order valence-corrected chi connectivity index (χ4v) is 0. The second kappa shape index (κ2) is 3.13. The minimum atomic E-state index is 0.785. The second-order valence-electron chi connectivity index (χ2n) is 0.390. The Morgan fingerprint density at radius 3 is 2.25 bits per heavy atom. The van der Waals surface area contributed by atoms with Crippen molar-refractivity contribution in [2.75, 3.05) is 5.33 Å². The smallest absolute Gasteiger partial charge is 0.0833 e. The van der Waals surface area contributed by atoms with Crippen LogP contribution in [0.4, 0.5) is 0 Å². The third kappa shape index (κ3) is 2.13. The Balaban J connectivity index is 2.30.